The molecule has 0 aliphatic carbocycles. The number of thiazole rings is 1. The molecular formula is C18H23N3O3S. The minimum Gasteiger partial charge on any atom is -0.464 e. The Bertz CT molecular complexity index is 750. The number of hydrogen-bond donors (Lipinski definition) is 1. The van der Waals surface area contributed by atoms with Crippen LogP contribution in [0.5, 0.6) is 0 Å². The fourth-order valence-corrected chi connectivity index (χ4v) is 3.17. The number of aromatic nitrogens is 1. The lowest BCUT2D eigenvalue weighted by atomic mass is 10.1. The van der Waals surface area contributed by atoms with Crippen molar-refractivity contribution in [3.8, 4) is 0 Å². The van der Waals surface area contributed by atoms with Crippen molar-refractivity contribution in [1.82, 2.24) is 9.88 Å². The van der Waals surface area contributed by atoms with E-state index in [0.29, 0.717) is 11.6 Å². The molecule has 134 valence electrons. The number of carbonyl (C=O) groups is 2. The van der Waals surface area contributed by atoms with E-state index in [0.717, 1.165) is 16.8 Å². The molecule has 2 rings (SSSR count). The molecular weight excluding hydrogens is 338 g/mol. The number of para-hydroxylation sites is 1. The smallest absolute Gasteiger partial charge is 0.357 e. The van der Waals surface area contributed by atoms with Crippen LogP contribution in [0.1, 0.15) is 40.5 Å². The van der Waals surface area contributed by atoms with Gasteiger partial charge in [-0.2, -0.15) is 0 Å². The molecule has 7 heteroatoms. The van der Waals surface area contributed by atoms with Gasteiger partial charge in [0.05, 0.1) is 13.7 Å². The van der Waals surface area contributed by atoms with Gasteiger partial charge in [-0.25, -0.2) is 14.6 Å². The van der Waals surface area contributed by atoms with E-state index in [4.69, 9.17) is 0 Å². The Labute approximate surface area is 151 Å². The summed E-state index contributed by atoms with van der Waals surface area (Å²) in [7, 11) is 1.32. The van der Waals surface area contributed by atoms with Gasteiger partial charge in [0.2, 0.25) is 0 Å². The second-order valence-corrected chi connectivity index (χ2v) is 6.98. The highest BCUT2D eigenvalue weighted by atomic mass is 32.1. The maximum atomic E-state index is 12.8. The van der Waals surface area contributed by atoms with E-state index in [1.807, 2.05) is 45.9 Å². The third kappa shape index (κ3) is 4.57. The molecule has 0 radical (unpaired) electrons. The molecule has 0 unspecified atom stereocenters. The molecule has 0 aliphatic rings. The Balaban J connectivity index is 2.16. The topological polar surface area (TPSA) is 71.5 Å². The van der Waals surface area contributed by atoms with E-state index in [-0.39, 0.29) is 17.8 Å². The summed E-state index contributed by atoms with van der Waals surface area (Å²) >= 11 is 1.34. The summed E-state index contributed by atoms with van der Waals surface area (Å²) in [5.74, 6) is -0.474. The summed E-state index contributed by atoms with van der Waals surface area (Å²) in [6.07, 6.45) is 0. The minimum atomic E-state index is -0.474. The number of nitrogens with one attached hydrogen (secondary N) is 1. The highest BCUT2D eigenvalue weighted by molar-refractivity contribution is 7.09. The van der Waals surface area contributed by atoms with Crippen LogP contribution in [0.4, 0.5) is 10.5 Å². The summed E-state index contributed by atoms with van der Waals surface area (Å²) < 4.78 is 4.67. The first-order valence-corrected chi connectivity index (χ1v) is 8.88. The lowest BCUT2D eigenvalue weighted by Crippen LogP contribution is -2.39. The third-order valence-corrected chi connectivity index (χ3v) is 4.68. The van der Waals surface area contributed by atoms with Crippen LogP contribution in [-0.2, 0) is 11.3 Å². The van der Waals surface area contributed by atoms with Crippen molar-refractivity contribution >= 4 is 29.0 Å². The molecule has 0 saturated heterocycles. The fraction of sp³-hybridized carbons (Fsp3) is 0.389. The van der Waals surface area contributed by atoms with Gasteiger partial charge in [0.25, 0.3) is 0 Å². The minimum absolute atomic E-state index is 0.0187. The monoisotopic (exact) mass is 361 g/mol. The summed E-state index contributed by atoms with van der Waals surface area (Å²) in [5.41, 5.74) is 3.12. The number of esters is 1. The van der Waals surface area contributed by atoms with Gasteiger partial charge in [0.15, 0.2) is 5.69 Å². The van der Waals surface area contributed by atoms with Crippen molar-refractivity contribution in [3.05, 3.63) is 45.4 Å². The number of urea groups is 1. The second-order valence-electron chi connectivity index (χ2n) is 6.04. The van der Waals surface area contributed by atoms with Crippen molar-refractivity contribution in [2.45, 2.75) is 40.3 Å². The zero-order valence-electron chi connectivity index (χ0n) is 15.1. The predicted octanol–water partition coefficient (Wildman–Crippen LogP) is 3.99. The summed E-state index contributed by atoms with van der Waals surface area (Å²) in [6.45, 7) is 8.14. The van der Waals surface area contributed by atoms with Gasteiger partial charge in [0, 0.05) is 17.1 Å². The average molecular weight is 361 g/mol. The number of nitrogens with zero attached hydrogens (tertiary/aromatic N) is 2. The first-order chi connectivity index (χ1) is 11.8. The molecule has 2 amide bonds. The zero-order valence-corrected chi connectivity index (χ0v) is 15.9. The van der Waals surface area contributed by atoms with Crippen molar-refractivity contribution in [2.24, 2.45) is 0 Å². The molecule has 0 spiro atoms. The number of benzene rings is 1. The molecule has 1 aromatic heterocycles. The van der Waals surface area contributed by atoms with Crippen LogP contribution in [0.15, 0.2) is 23.6 Å². The molecule has 0 fully saturated rings. The molecule has 1 N–H and O–H groups in total. The Hall–Kier alpha value is -2.41. The highest BCUT2D eigenvalue weighted by Gasteiger charge is 2.21. The second kappa shape index (κ2) is 8.11. The van der Waals surface area contributed by atoms with Gasteiger partial charge in [-0.3, -0.25) is 0 Å². The van der Waals surface area contributed by atoms with Gasteiger partial charge >= 0.3 is 12.0 Å². The van der Waals surface area contributed by atoms with E-state index in [1.54, 1.807) is 10.3 Å². The SMILES string of the molecule is COC(=O)c1csc(CN(C(=O)Nc2c(C)cccc2C)C(C)C)n1. The Kier molecular flexibility index (Phi) is 6.14. The fourth-order valence-electron chi connectivity index (χ4n) is 2.41. The summed E-state index contributed by atoms with van der Waals surface area (Å²) in [5, 5.41) is 5.32. The Morgan fingerprint density at radius 1 is 1.28 bits per heavy atom. The average Bonchev–Trinajstić information content (AvgIpc) is 3.03. The number of hydrogen-bond acceptors (Lipinski definition) is 5. The highest BCUT2D eigenvalue weighted by Crippen LogP contribution is 2.21. The van der Waals surface area contributed by atoms with Gasteiger partial charge in [-0.15, -0.1) is 11.3 Å². The molecule has 1 aromatic carbocycles. The van der Waals surface area contributed by atoms with Crippen molar-refractivity contribution in [1.29, 1.82) is 0 Å². The maximum absolute atomic E-state index is 12.8. The maximum Gasteiger partial charge on any atom is 0.357 e. The zero-order chi connectivity index (χ0) is 18.6. The molecule has 6 nitrogen and oxygen atoms in total. The van der Waals surface area contributed by atoms with E-state index < -0.39 is 5.97 Å². The van der Waals surface area contributed by atoms with Crippen LogP contribution in [0.2, 0.25) is 0 Å². The van der Waals surface area contributed by atoms with E-state index in [1.165, 1.54) is 18.4 Å². The van der Waals surface area contributed by atoms with Gasteiger partial charge in [0.1, 0.15) is 5.01 Å². The third-order valence-electron chi connectivity index (χ3n) is 3.85. The number of carbonyl (C=O) groups excluding carboxylic acids is 2. The van der Waals surface area contributed by atoms with Gasteiger partial charge < -0.3 is 15.0 Å². The van der Waals surface area contributed by atoms with E-state index in [9.17, 15) is 9.59 Å². The lowest BCUT2D eigenvalue weighted by Gasteiger charge is -2.27. The van der Waals surface area contributed by atoms with Crippen LogP contribution < -0.4 is 5.32 Å². The molecule has 0 atom stereocenters. The quantitative estimate of drug-likeness (QED) is 0.818. The number of aryl methyl sites for hydroxylation is 2. The van der Waals surface area contributed by atoms with Crippen molar-refractivity contribution in [3.63, 3.8) is 0 Å². The van der Waals surface area contributed by atoms with Crippen molar-refractivity contribution in [2.75, 3.05) is 12.4 Å². The Morgan fingerprint density at radius 2 is 1.92 bits per heavy atom. The van der Waals surface area contributed by atoms with Crippen LogP contribution in [-0.4, -0.2) is 35.0 Å². The molecule has 0 aliphatic heterocycles. The molecule has 1 heterocycles. The summed E-state index contributed by atoms with van der Waals surface area (Å²) in [6, 6.07) is 5.68. The molecule has 0 bridgehead atoms. The number of methoxy groups -OCH3 is 1. The Morgan fingerprint density at radius 3 is 2.48 bits per heavy atom. The predicted molar refractivity (Wildman–Crippen MR) is 99.1 cm³/mol. The van der Waals surface area contributed by atoms with Gasteiger partial charge in [-0.05, 0) is 38.8 Å². The van der Waals surface area contributed by atoms with Crippen LogP contribution in [0, 0.1) is 13.8 Å². The first kappa shape index (κ1) is 18.9. The van der Waals surface area contributed by atoms with Crippen LogP contribution in [0.25, 0.3) is 0 Å². The van der Waals surface area contributed by atoms with E-state index in [2.05, 4.69) is 15.0 Å². The van der Waals surface area contributed by atoms with E-state index >= 15 is 0 Å². The van der Waals surface area contributed by atoms with Crippen LogP contribution in [0.3, 0.4) is 0 Å². The number of rotatable bonds is 5. The van der Waals surface area contributed by atoms with Crippen LogP contribution >= 0.6 is 11.3 Å². The number of anilines is 1. The number of ether oxygens (including phenoxy) is 1. The normalized spacial score (nSPS) is 10.6. The molecule has 2 aromatic rings. The van der Waals surface area contributed by atoms with Gasteiger partial charge in [-0.1, -0.05) is 18.2 Å². The lowest BCUT2D eigenvalue weighted by molar-refractivity contribution is 0.0594. The number of amides is 2. The van der Waals surface area contributed by atoms with Crippen molar-refractivity contribution < 1.29 is 14.3 Å². The molecule has 25 heavy (non-hydrogen) atoms. The summed E-state index contributed by atoms with van der Waals surface area (Å²) in [4.78, 5) is 30.2. The molecule has 0 saturated carbocycles. The first-order valence-electron chi connectivity index (χ1n) is 8.00. The standard InChI is InChI=1S/C18H23N3O3S/c1-11(2)21(9-15-19-14(10-25-15)17(22)24-5)18(23)20-16-12(3)7-6-8-13(16)4/h6-8,10-11H,9H2,1-5H3,(H,20,23). The largest absolute Gasteiger partial charge is 0.464 e.